The Morgan fingerprint density at radius 1 is 0.969 bits per heavy atom. The van der Waals surface area contributed by atoms with Crippen molar-refractivity contribution in [2.24, 2.45) is 0 Å². The van der Waals surface area contributed by atoms with E-state index in [9.17, 15) is 9.59 Å². The van der Waals surface area contributed by atoms with Gasteiger partial charge in [0.1, 0.15) is 5.75 Å². The number of urea groups is 1. The third kappa shape index (κ3) is 5.27. The lowest BCUT2D eigenvalue weighted by Gasteiger charge is -2.30. The summed E-state index contributed by atoms with van der Waals surface area (Å²) in [4.78, 5) is 26.7. The first-order valence-electron chi connectivity index (χ1n) is 10.8. The van der Waals surface area contributed by atoms with E-state index in [0.29, 0.717) is 25.9 Å². The molecule has 0 atom stereocenters. The molecule has 0 fully saturated rings. The first kappa shape index (κ1) is 21.4. The van der Waals surface area contributed by atoms with Gasteiger partial charge in [-0.05, 0) is 59.9 Å². The number of amides is 3. The molecule has 0 unspecified atom stereocenters. The third-order valence-electron chi connectivity index (χ3n) is 5.58. The van der Waals surface area contributed by atoms with Crippen LogP contribution in [0.2, 0.25) is 0 Å². The number of carbonyl (C=O) groups is 2. The predicted octanol–water partition coefficient (Wildman–Crippen LogP) is 4.54. The fraction of sp³-hybridized carbons (Fsp3) is 0.231. The van der Waals surface area contributed by atoms with Gasteiger partial charge in [0.2, 0.25) is 5.91 Å². The number of anilines is 2. The Morgan fingerprint density at radius 2 is 1.75 bits per heavy atom. The first-order chi connectivity index (χ1) is 15.6. The molecule has 6 nitrogen and oxygen atoms in total. The molecule has 0 saturated carbocycles. The van der Waals surface area contributed by atoms with Crippen molar-refractivity contribution < 1.29 is 14.3 Å². The van der Waals surface area contributed by atoms with Crippen molar-refractivity contribution in [3.8, 4) is 5.75 Å². The molecular weight excluding hydrogens is 402 g/mol. The highest BCUT2D eigenvalue weighted by Gasteiger charge is 2.24. The smallest absolute Gasteiger partial charge is 0.319 e. The normalized spacial score (nSPS) is 12.8. The van der Waals surface area contributed by atoms with Crippen LogP contribution in [0.15, 0.2) is 72.8 Å². The maximum atomic E-state index is 12.5. The molecule has 4 rings (SSSR count). The van der Waals surface area contributed by atoms with E-state index in [1.54, 1.807) is 7.11 Å². The lowest BCUT2D eigenvalue weighted by molar-refractivity contribution is -0.119. The molecule has 0 aromatic heterocycles. The summed E-state index contributed by atoms with van der Waals surface area (Å²) in [6.45, 7) is 1.08. The zero-order valence-electron chi connectivity index (χ0n) is 18.1. The Bertz CT molecular complexity index is 1080. The fourth-order valence-corrected chi connectivity index (χ4v) is 3.86. The van der Waals surface area contributed by atoms with E-state index in [2.05, 4.69) is 10.6 Å². The number of benzene rings is 3. The van der Waals surface area contributed by atoms with E-state index < -0.39 is 0 Å². The number of aryl methyl sites for hydroxylation is 1. The van der Waals surface area contributed by atoms with Gasteiger partial charge < -0.3 is 20.3 Å². The molecule has 1 aliphatic heterocycles. The molecule has 3 aromatic carbocycles. The van der Waals surface area contributed by atoms with Crippen molar-refractivity contribution in [3.05, 3.63) is 89.5 Å². The molecule has 3 aromatic rings. The number of hydrogen-bond donors (Lipinski definition) is 2. The molecule has 2 N–H and O–H groups in total. The monoisotopic (exact) mass is 429 g/mol. The van der Waals surface area contributed by atoms with Crippen LogP contribution in [0.4, 0.5) is 16.2 Å². The van der Waals surface area contributed by atoms with E-state index in [1.165, 1.54) is 0 Å². The van der Waals surface area contributed by atoms with Gasteiger partial charge in [0, 0.05) is 24.3 Å². The number of hydrogen-bond acceptors (Lipinski definition) is 3. The molecule has 0 radical (unpaired) electrons. The topological polar surface area (TPSA) is 70.7 Å². The number of rotatable bonds is 7. The van der Waals surface area contributed by atoms with Gasteiger partial charge in [-0.2, -0.15) is 0 Å². The van der Waals surface area contributed by atoms with Crippen LogP contribution >= 0.6 is 0 Å². The van der Waals surface area contributed by atoms with Crippen molar-refractivity contribution >= 4 is 23.3 Å². The molecule has 6 heteroatoms. The average Bonchev–Trinajstić information content (AvgIpc) is 2.82. The highest BCUT2D eigenvalue weighted by atomic mass is 16.5. The SMILES string of the molecule is COc1ccc(CCNC(=O)Nc2ccc3c(c2)CCC(=O)N3Cc2ccccc2)cc1. The third-order valence-corrected chi connectivity index (χ3v) is 5.58. The minimum atomic E-state index is -0.244. The number of fused-ring (bicyclic) bond motifs is 1. The van der Waals surface area contributed by atoms with Crippen molar-refractivity contribution in [2.45, 2.75) is 25.8 Å². The molecule has 1 heterocycles. The Morgan fingerprint density at radius 3 is 2.50 bits per heavy atom. The van der Waals surface area contributed by atoms with Gasteiger partial charge in [0.25, 0.3) is 0 Å². The van der Waals surface area contributed by atoms with E-state index >= 15 is 0 Å². The van der Waals surface area contributed by atoms with Crippen LogP contribution in [-0.4, -0.2) is 25.6 Å². The van der Waals surface area contributed by atoms with E-state index in [-0.39, 0.29) is 11.9 Å². The number of ether oxygens (including phenoxy) is 1. The van der Waals surface area contributed by atoms with Gasteiger partial charge in [-0.3, -0.25) is 4.79 Å². The van der Waals surface area contributed by atoms with Crippen LogP contribution in [-0.2, 0) is 24.2 Å². The molecule has 0 aliphatic carbocycles. The second-order valence-electron chi connectivity index (χ2n) is 7.79. The molecular formula is C26H27N3O3. The molecule has 0 bridgehead atoms. The van der Waals surface area contributed by atoms with Gasteiger partial charge in [0.05, 0.1) is 13.7 Å². The predicted molar refractivity (Wildman–Crippen MR) is 126 cm³/mol. The lowest BCUT2D eigenvalue weighted by Crippen LogP contribution is -2.34. The molecule has 164 valence electrons. The van der Waals surface area contributed by atoms with Crippen LogP contribution in [0.1, 0.15) is 23.1 Å². The van der Waals surface area contributed by atoms with Crippen LogP contribution in [0.25, 0.3) is 0 Å². The van der Waals surface area contributed by atoms with Gasteiger partial charge in [-0.15, -0.1) is 0 Å². The zero-order chi connectivity index (χ0) is 22.3. The molecule has 0 saturated heterocycles. The van der Waals surface area contributed by atoms with Crippen molar-refractivity contribution in [3.63, 3.8) is 0 Å². The van der Waals surface area contributed by atoms with Gasteiger partial charge in [0.15, 0.2) is 0 Å². The van der Waals surface area contributed by atoms with E-state index in [0.717, 1.165) is 40.2 Å². The second kappa shape index (κ2) is 10.0. The van der Waals surface area contributed by atoms with Gasteiger partial charge in [-0.1, -0.05) is 42.5 Å². The van der Waals surface area contributed by atoms with Crippen molar-refractivity contribution in [1.82, 2.24) is 5.32 Å². The first-order valence-corrected chi connectivity index (χ1v) is 10.8. The minimum absolute atomic E-state index is 0.123. The molecule has 32 heavy (non-hydrogen) atoms. The van der Waals surface area contributed by atoms with Crippen LogP contribution in [0.5, 0.6) is 5.75 Å². The second-order valence-corrected chi connectivity index (χ2v) is 7.79. The number of nitrogens with zero attached hydrogens (tertiary/aromatic N) is 1. The van der Waals surface area contributed by atoms with Crippen LogP contribution in [0, 0.1) is 0 Å². The fourth-order valence-electron chi connectivity index (χ4n) is 3.86. The Balaban J connectivity index is 1.34. The molecule has 3 amide bonds. The summed E-state index contributed by atoms with van der Waals surface area (Å²) in [5.74, 6) is 0.939. The van der Waals surface area contributed by atoms with Crippen LogP contribution < -0.4 is 20.3 Å². The van der Waals surface area contributed by atoms with E-state index in [4.69, 9.17) is 4.74 Å². The van der Waals surface area contributed by atoms with Crippen molar-refractivity contribution in [1.29, 1.82) is 0 Å². The summed E-state index contributed by atoms with van der Waals surface area (Å²) in [6, 6.07) is 23.2. The Labute approximate surface area is 188 Å². The molecule has 0 spiro atoms. The summed E-state index contributed by atoms with van der Waals surface area (Å²) in [6.07, 6.45) is 1.88. The zero-order valence-corrected chi connectivity index (χ0v) is 18.1. The summed E-state index contributed by atoms with van der Waals surface area (Å²) in [5.41, 5.74) is 4.92. The lowest BCUT2D eigenvalue weighted by atomic mass is 9.99. The Kier molecular flexibility index (Phi) is 6.70. The largest absolute Gasteiger partial charge is 0.497 e. The highest BCUT2D eigenvalue weighted by molar-refractivity contribution is 5.97. The standard InChI is InChI=1S/C26H27N3O3/c1-32-23-11-7-19(8-12-23)15-16-27-26(31)28-22-10-13-24-21(17-22)9-14-25(30)29(24)18-20-5-3-2-4-6-20/h2-8,10-13,17H,9,14-16,18H2,1H3,(H2,27,28,31). The number of methoxy groups -OCH3 is 1. The van der Waals surface area contributed by atoms with Gasteiger partial charge in [-0.25, -0.2) is 4.79 Å². The maximum Gasteiger partial charge on any atom is 0.319 e. The van der Waals surface area contributed by atoms with Crippen LogP contribution in [0.3, 0.4) is 0 Å². The summed E-state index contributed by atoms with van der Waals surface area (Å²) in [5, 5.41) is 5.79. The summed E-state index contributed by atoms with van der Waals surface area (Å²) < 4.78 is 5.16. The number of carbonyl (C=O) groups excluding carboxylic acids is 2. The molecule has 1 aliphatic rings. The number of nitrogens with one attached hydrogen (secondary N) is 2. The van der Waals surface area contributed by atoms with Gasteiger partial charge >= 0.3 is 6.03 Å². The quantitative estimate of drug-likeness (QED) is 0.579. The Hall–Kier alpha value is -3.80. The highest BCUT2D eigenvalue weighted by Crippen LogP contribution is 2.31. The maximum absolute atomic E-state index is 12.5. The van der Waals surface area contributed by atoms with E-state index in [1.807, 2.05) is 77.7 Å². The average molecular weight is 430 g/mol. The minimum Gasteiger partial charge on any atom is -0.497 e. The van der Waals surface area contributed by atoms with Crippen molar-refractivity contribution in [2.75, 3.05) is 23.9 Å². The summed E-state index contributed by atoms with van der Waals surface area (Å²) in [7, 11) is 1.64. The summed E-state index contributed by atoms with van der Waals surface area (Å²) >= 11 is 0.